The van der Waals surface area contributed by atoms with Crippen molar-refractivity contribution >= 4 is 5.97 Å². The van der Waals surface area contributed by atoms with E-state index < -0.39 is 11.6 Å². The third-order valence-electron chi connectivity index (χ3n) is 1.08. The lowest BCUT2D eigenvalue weighted by Crippen LogP contribution is -2.56. The predicted octanol–water partition coefficient (Wildman–Crippen LogP) is -0.902. The minimum atomic E-state index is -1.67. The Bertz CT molecular complexity index is 169. The lowest BCUT2D eigenvalue weighted by molar-refractivity contribution is -0.143. The molecule has 5 N–H and O–H groups in total. The second kappa shape index (κ2) is 3.20. The number of rotatable bonds is 3. The lowest BCUT2D eigenvalue weighted by atomic mass is 10.1. The molecule has 0 saturated carbocycles. The van der Waals surface area contributed by atoms with Gasteiger partial charge < -0.3 is 16.6 Å². The van der Waals surface area contributed by atoms with Crippen LogP contribution < -0.4 is 11.5 Å². The Hall–Kier alpha value is -1.05. The zero-order chi connectivity index (χ0) is 8.20. The van der Waals surface area contributed by atoms with Crippen LogP contribution in [0, 0.1) is 12.3 Å². The molecule has 0 fully saturated rings. The first-order chi connectivity index (χ1) is 4.50. The second-order valence-corrected chi connectivity index (χ2v) is 2.05. The maximum absolute atomic E-state index is 10.2. The molecule has 0 spiro atoms. The topological polar surface area (TPSA) is 89.3 Å². The number of aliphatic carboxylic acids is 1. The van der Waals surface area contributed by atoms with Gasteiger partial charge in [-0.2, -0.15) is 0 Å². The normalized spacial score (nSPS) is 10.5. The minimum absolute atomic E-state index is 0.0961. The Kier molecular flexibility index (Phi) is 2.87. The lowest BCUT2D eigenvalue weighted by Gasteiger charge is -2.16. The van der Waals surface area contributed by atoms with Crippen LogP contribution in [0.3, 0.4) is 0 Å². The summed E-state index contributed by atoms with van der Waals surface area (Å²) in [4.78, 5) is 10.2. The van der Waals surface area contributed by atoms with Gasteiger partial charge in [-0.25, -0.2) is 4.79 Å². The largest absolute Gasteiger partial charge is 0.479 e. The zero-order valence-electron chi connectivity index (χ0n) is 5.50. The highest BCUT2D eigenvalue weighted by atomic mass is 16.4. The van der Waals surface area contributed by atoms with Crippen molar-refractivity contribution < 1.29 is 9.90 Å². The summed E-state index contributed by atoms with van der Waals surface area (Å²) in [7, 11) is 0. The highest BCUT2D eigenvalue weighted by Crippen LogP contribution is 2.00. The SMILES string of the molecule is C#CCCC(N)(N)C(=O)O. The van der Waals surface area contributed by atoms with Crippen molar-refractivity contribution in [3.8, 4) is 12.3 Å². The number of carboxylic acids is 1. The van der Waals surface area contributed by atoms with Crippen molar-refractivity contribution in [1.82, 2.24) is 0 Å². The second-order valence-electron chi connectivity index (χ2n) is 2.05. The summed E-state index contributed by atoms with van der Waals surface area (Å²) >= 11 is 0. The fraction of sp³-hybridized carbons (Fsp3) is 0.500. The van der Waals surface area contributed by atoms with E-state index in [9.17, 15) is 4.79 Å². The average Bonchev–Trinajstić information content (AvgIpc) is 1.84. The fourth-order valence-electron chi connectivity index (χ4n) is 0.386. The van der Waals surface area contributed by atoms with Crippen LogP contribution in [0.2, 0.25) is 0 Å². The van der Waals surface area contributed by atoms with Gasteiger partial charge in [-0.1, -0.05) is 0 Å². The standard InChI is InChI=1S/C6H10N2O2/c1-2-3-4-6(7,8)5(9)10/h1H,3-4,7-8H2,(H,9,10). The van der Waals surface area contributed by atoms with Crippen LogP contribution in [0.1, 0.15) is 12.8 Å². The van der Waals surface area contributed by atoms with Gasteiger partial charge in [-0.3, -0.25) is 0 Å². The van der Waals surface area contributed by atoms with E-state index in [2.05, 4.69) is 5.92 Å². The summed E-state index contributed by atoms with van der Waals surface area (Å²) < 4.78 is 0. The van der Waals surface area contributed by atoms with Crippen LogP contribution in [0.4, 0.5) is 0 Å². The number of hydrogen-bond donors (Lipinski definition) is 3. The third-order valence-corrected chi connectivity index (χ3v) is 1.08. The number of nitrogens with two attached hydrogens (primary N) is 2. The van der Waals surface area contributed by atoms with Gasteiger partial charge in [0.1, 0.15) is 0 Å². The van der Waals surface area contributed by atoms with E-state index in [1.165, 1.54) is 0 Å². The molecule has 4 heteroatoms. The van der Waals surface area contributed by atoms with E-state index in [0.29, 0.717) is 0 Å². The van der Waals surface area contributed by atoms with Crippen LogP contribution >= 0.6 is 0 Å². The number of carbonyl (C=O) groups is 1. The predicted molar refractivity (Wildman–Crippen MR) is 36.8 cm³/mol. The number of hydrogen-bond acceptors (Lipinski definition) is 3. The molecule has 0 aromatic rings. The van der Waals surface area contributed by atoms with Gasteiger partial charge in [-0.15, -0.1) is 12.3 Å². The van der Waals surface area contributed by atoms with E-state index in [1.54, 1.807) is 0 Å². The number of carboxylic acid groups (broad SMARTS) is 1. The molecule has 0 aromatic heterocycles. The highest BCUT2D eigenvalue weighted by Gasteiger charge is 2.27. The van der Waals surface area contributed by atoms with Gasteiger partial charge in [0.15, 0.2) is 5.66 Å². The first-order valence-electron chi connectivity index (χ1n) is 2.75. The zero-order valence-corrected chi connectivity index (χ0v) is 5.50. The summed E-state index contributed by atoms with van der Waals surface area (Å²) in [5.41, 5.74) is 8.58. The average molecular weight is 142 g/mol. The van der Waals surface area contributed by atoms with E-state index in [0.717, 1.165) is 0 Å². The molecule has 0 atom stereocenters. The van der Waals surface area contributed by atoms with Gasteiger partial charge in [0.2, 0.25) is 0 Å². The summed E-state index contributed by atoms with van der Waals surface area (Å²) in [5, 5.41) is 8.35. The fourth-order valence-corrected chi connectivity index (χ4v) is 0.386. The third kappa shape index (κ3) is 2.49. The van der Waals surface area contributed by atoms with Gasteiger partial charge in [0.05, 0.1) is 0 Å². The van der Waals surface area contributed by atoms with Crippen molar-refractivity contribution in [1.29, 1.82) is 0 Å². The van der Waals surface area contributed by atoms with Gasteiger partial charge in [-0.05, 0) is 0 Å². The maximum Gasteiger partial charge on any atom is 0.338 e. The number of terminal acetylenes is 1. The van der Waals surface area contributed by atoms with Gasteiger partial charge in [0, 0.05) is 12.8 Å². The Balaban J connectivity index is 3.90. The summed E-state index contributed by atoms with van der Waals surface area (Å²) in [6.07, 6.45) is 5.25. The van der Waals surface area contributed by atoms with Crippen LogP contribution in [-0.4, -0.2) is 16.7 Å². The van der Waals surface area contributed by atoms with Crippen molar-refractivity contribution in [2.45, 2.75) is 18.5 Å². The Morgan fingerprint density at radius 1 is 1.70 bits per heavy atom. The molecule has 0 unspecified atom stereocenters. The molecule has 0 aromatic carbocycles. The molecular formula is C6H10N2O2. The van der Waals surface area contributed by atoms with Crippen LogP contribution in [0.25, 0.3) is 0 Å². The molecule has 0 aliphatic heterocycles. The minimum Gasteiger partial charge on any atom is -0.479 e. The highest BCUT2D eigenvalue weighted by molar-refractivity contribution is 5.77. The Morgan fingerprint density at radius 2 is 2.20 bits per heavy atom. The monoisotopic (exact) mass is 142 g/mol. The summed E-state index contributed by atoms with van der Waals surface area (Å²) in [6.45, 7) is 0. The van der Waals surface area contributed by atoms with E-state index >= 15 is 0 Å². The smallest absolute Gasteiger partial charge is 0.338 e. The molecule has 0 rings (SSSR count). The molecule has 0 radical (unpaired) electrons. The first kappa shape index (κ1) is 8.95. The van der Waals surface area contributed by atoms with Gasteiger partial charge >= 0.3 is 5.97 Å². The molecule has 0 heterocycles. The molecule has 0 aliphatic carbocycles. The van der Waals surface area contributed by atoms with Crippen molar-refractivity contribution in [3.63, 3.8) is 0 Å². The summed E-state index contributed by atoms with van der Waals surface area (Å²) in [6, 6.07) is 0. The maximum atomic E-state index is 10.2. The first-order valence-corrected chi connectivity index (χ1v) is 2.75. The molecule has 0 amide bonds. The van der Waals surface area contributed by atoms with Crippen LogP contribution in [-0.2, 0) is 4.79 Å². The van der Waals surface area contributed by atoms with Crippen molar-refractivity contribution in [2.24, 2.45) is 11.5 Å². The molecule has 4 nitrogen and oxygen atoms in total. The Labute approximate surface area is 59.2 Å². The molecular weight excluding hydrogens is 132 g/mol. The van der Waals surface area contributed by atoms with E-state index in [4.69, 9.17) is 23.0 Å². The summed E-state index contributed by atoms with van der Waals surface area (Å²) in [5.74, 6) is 1.02. The molecule has 0 saturated heterocycles. The molecule has 56 valence electrons. The van der Waals surface area contributed by atoms with Crippen LogP contribution in [0.5, 0.6) is 0 Å². The van der Waals surface area contributed by atoms with E-state index in [1.807, 2.05) is 0 Å². The van der Waals surface area contributed by atoms with Crippen LogP contribution in [0.15, 0.2) is 0 Å². The van der Waals surface area contributed by atoms with Crippen molar-refractivity contribution in [2.75, 3.05) is 0 Å². The quantitative estimate of drug-likeness (QED) is 0.352. The molecule has 0 bridgehead atoms. The Morgan fingerprint density at radius 3 is 2.50 bits per heavy atom. The molecule has 10 heavy (non-hydrogen) atoms. The van der Waals surface area contributed by atoms with Crippen molar-refractivity contribution in [3.05, 3.63) is 0 Å². The van der Waals surface area contributed by atoms with Gasteiger partial charge in [0.25, 0.3) is 0 Å². The molecule has 0 aliphatic rings. The van der Waals surface area contributed by atoms with E-state index in [-0.39, 0.29) is 12.8 Å².